The Morgan fingerprint density at radius 2 is 1.68 bits per heavy atom. The standard InChI is InChI=1S/C14H9BrF2N2/c15-9-4-1-2-7-12(9)19-13(8-18)14-10(16)5-3-6-11(14)17/h1-7,13,19H. The highest BCUT2D eigenvalue weighted by Gasteiger charge is 2.20. The van der Waals surface area contributed by atoms with Crippen molar-refractivity contribution in [2.75, 3.05) is 5.32 Å². The van der Waals surface area contributed by atoms with E-state index in [-0.39, 0.29) is 5.56 Å². The Balaban J connectivity index is 2.37. The second kappa shape index (κ2) is 5.81. The number of hydrogen-bond acceptors (Lipinski definition) is 2. The molecule has 0 saturated carbocycles. The molecule has 2 aromatic rings. The molecule has 0 bridgehead atoms. The fourth-order valence-electron chi connectivity index (χ4n) is 1.69. The van der Waals surface area contributed by atoms with Crippen molar-refractivity contribution in [2.45, 2.75) is 6.04 Å². The summed E-state index contributed by atoms with van der Waals surface area (Å²) in [5.74, 6) is -1.49. The lowest BCUT2D eigenvalue weighted by Crippen LogP contribution is -2.12. The number of nitriles is 1. The Kier molecular flexibility index (Phi) is 4.13. The third-order valence-electron chi connectivity index (χ3n) is 2.59. The Morgan fingerprint density at radius 3 is 2.26 bits per heavy atom. The highest BCUT2D eigenvalue weighted by Crippen LogP contribution is 2.28. The van der Waals surface area contributed by atoms with Gasteiger partial charge in [0.2, 0.25) is 0 Å². The van der Waals surface area contributed by atoms with Crippen LogP contribution in [-0.4, -0.2) is 0 Å². The van der Waals surface area contributed by atoms with E-state index in [2.05, 4.69) is 21.2 Å². The minimum atomic E-state index is -1.10. The van der Waals surface area contributed by atoms with Gasteiger partial charge in [0.1, 0.15) is 17.7 Å². The van der Waals surface area contributed by atoms with Gasteiger partial charge in [0.05, 0.1) is 11.6 Å². The van der Waals surface area contributed by atoms with Crippen molar-refractivity contribution < 1.29 is 8.78 Å². The van der Waals surface area contributed by atoms with Gasteiger partial charge >= 0.3 is 0 Å². The maximum absolute atomic E-state index is 13.6. The quantitative estimate of drug-likeness (QED) is 0.908. The number of benzene rings is 2. The topological polar surface area (TPSA) is 35.8 Å². The molecule has 0 spiro atoms. The summed E-state index contributed by atoms with van der Waals surface area (Å²) >= 11 is 3.30. The minimum absolute atomic E-state index is 0.277. The van der Waals surface area contributed by atoms with E-state index in [1.54, 1.807) is 24.3 Å². The molecule has 2 rings (SSSR count). The largest absolute Gasteiger partial charge is 0.365 e. The van der Waals surface area contributed by atoms with Crippen molar-refractivity contribution in [1.29, 1.82) is 5.26 Å². The van der Waals surface area contributed by atoms with Crippen LogP contribution < -0.4 is 5.32 Å². The number of nitrogens with zero attached hydrogens (tertiary/aromatic N) is 1. The van der Waals surface area contributed by atoms with Crippen LogP contribution in [0.4, 0.5) is 14.5 Å². The molecule has 1 unspecified atom stereocenters. The normalized spacial score (nSPS) is 11.7. The fourth-order valence-corrected chi connectivity index (χ4v) is 2.09. The second-order valence-corrected chi connectivity index (χ2v) is 4.68. The van der Waals surface area contributed by atoms with Gasteiger partial charge in [0.15, 0.2) is 0 Å². The van der Waals surface area contributed by atoms with Crippen LogP contribution in [0.3, 0.4) is 0 Å². The molecule has 0 fully saturated rings. The summed E-state index contributed by atoms with van der Waals surface area (Å²) in [7, 11) is 0. The van der Waals surface area contributed by atoms with Crippen LogP contribution in [0.5, 0.6) is 0 Å². The average molecular weight is 323 g/mol. The van der Waals surface area contributed by atoms with E-state index in [1.165, 1.54) is 6.07 Å². The van der Waals surface area contributed by atoms with Gasteiger partial charge < -0.3 is 5.32 Å². The number of halogens is 3. The Hall–Kier alpha value is -1.93. The van der Waals surface area contributed by atoms with E-state index in [4.69, 9.17) is 5.26 Å². The molecule has 0 heterocycles. The van der Waals surface area contributed by atoms with Crippen molar-refractivity contribution in [3.8, 4) is 6.07 Å². The first-order valence-corrected chi connectivity index (χ1v) is 6.27. The molecule has 1 atom stereocenters. The smallest absolute Gasteiger partial charge is 0.145 e. The monoisotopic (exact) mass is 322 g/mol. The number of anilines is 1. The zero-order valence-corrected chi connectivity index (χ0v) is 11.3. The predicted octanol–water partition coefficient (Wildman–Crippen LogP) is 4.40. The first-order valence-electron chi connectivity index (χ1n) is 5.48. The molecular formula is C14H9BrF2N2. The highest BCUT2D eigenvalue weighted by molar-refractivity contribution is 9.10. The van der Waals surface area contributed by atoms with Crippen LogP contribution in [0.1, 0.15) is 11.6 Å². The number of hydrogen-bond donors (Lipinski definition) is 1. The first-order chi connectivity index (χ1) is 9.13. The lowest BCUT2D eigenvalue weighted by Gasteiger charge is -2.15. The van der Waals surface area contributed by atoms with Crippen molar-refractivity contribution in [2.24, 2.45) is 0 Å². The first kappa shape index (κ1) is 13.5. The Labute approximate surface area is 117 Å². The van der Waals surface area contributed by atoms with Gasteiger partial charge in [-0.3, -0.25) is 0 Å². The third kappa shape index (κ3) is 2.91. The summed E-state index contributed by atoms with van der Waals surface area (Å²) in [6, 6.07) is 11.3. The van der Waals surface area contributed by atoms with Gasteiger partial charge in [-0.2, -0.15) is 5.26 Å². The van der Waals surface area contributed by atoms with Gasteiger partial charge in [-0.25, -0.2) is 8.78 Å². The van der Waals surface area contributed by atoms with E-state index in [0.29, 0.717) is 10.2 Å². The van der Waals surface area contributed by atoms with Gasteiger partial charge in [0, 0.05) is 10.2 Å². The molecule has 0 aromatic heterocycles. The molecule has 0 aliphatic heterocycles. The number of para-hydroxylation sites is 1. The molecule has 0 aliphatic rings. The summed E-state index contributed by atoms with van der Waals surface area (Å²) in [5, 5.41) is 11.9. The zero-order valence-electron chi connectivity index (χ0n) is 9.70. The van der Waals surface area contributed by atoms with E-state index in [0.717, 1.165) is 12.1 Å². The highest BCUT2D eigenvalue weighted by atomic mass is 79.9. The molecule has 0 saturated heterocycles. The summed E-state index contributed by atoms with van der Waals surface area (Å²) in [5.41, 5.74) is 0.317. The number of rotatable bonds is 3. The van der Waals surface area contributed by atoms with Gasteiger partial charge in [-0.05, 0) is 40.2 Å². The van der Waals surface area contributed by atoms with Gasteiger partial charge in [0.25, 0.3) is 0 Å². The Bertz CT molecular complexity index is 617. The van der Waals surface area contributed by atoms with Crippen LogP contribution in [0.2, 0.25) is 0 Å². The van der Waals surface area contributed by atoms with Crippen LogP contribution >= 0.6 is 15.9 Å². The van der Waals surface area contributed by atoms with Crippen LogP contribution in [-0.2, 0) is 0 Å². The Morgan fingerprint density at radius 1 is 1.05 bits per heavy atom. The summed E-state index contributed by atoms with van der Waals surface area (Å²) in [6.45, 7) is 0. The molecule has 0 aliphatic carbocycles. The third-order valence-corrected chi connectivity index (χ3v) is 3.28. The molecule has 96 valence electrons. The lowest BCUT2D eigenvalue weighted by molar-refractivity contribution is 0.552. The summed E-state index contributed by atoms with van der Waals surface area (Å²) in [6.07, 6.45) is 0. The maximum atomic E-state index is 13.6. The van der Waals surface area contributed by atoms with Crippen molar-refractivity contribution in [3.05, 3.63) is 64.1 Å². The molecule has 0 radical (unpaired) electrons. The zero-order chi connectivity index (χ0) is 13.8. The second-order valence-electron chi connectivity index (χ2n) is 3.82. The average Bonchev–Trinajstić information content (AvgIpc) is 2.39. The van der Waals surface area contributed by atoms with Crippen LogP contribution in [0.25, 0.3) is 0 Å². The molecular weight excluding hydrogens is 314 g/mol. The lowest BCUT2D eigenvalue weighted by atomic mass is 10.1. The maximum Gasteiger partial charge on any atom is 0.145 e. The fraction of sp³-hybridized carbons (Fsp3) is 0.0714. The van der Waals surface area contributed by atoms with Gasteiger partial charge in [-0.15, -0.1) is 0 Å². The van der Waals surface area contributed by atoms with Crippen molar-refractivity contribution in [3.63, 3.8) is 0 Å². The predicted molar refractivity (Wildman–Crippen MR) is 72.5 cm³/mol. The van der Waals surface area contributed by atoms with Crippen molar-refractivity contribution in [1.82, 2.24) is 0 Å². The van der Waals surface area contributed by atoms with E-state index in [1.807, 2.05) is 6.07 Å². The molecule has 19 heavy (non-hydrogen) atoms. The molecule has 0 amide bonds. The SMILES string of the molecule is N#CC(Nc1ccccc1Br)c1c(F)cccc1F. The molecule has 2 aromatic carbocycles. The molecule has 1 N–H and O–H groups in total. The molecule has 5 heteroatoms. The van der Waals surface area contributed by atoms with Crippen LogP contribution in [0.15, 0.2) is 46.9 Å². The van der Waals surface area contributed by atoms with Crippen LogP contribution in [0, 0.1) is 23.0 Å². The van der Waals surface area contributed by atoms with Gasteiger partial charge in [-0.1, -0.05) is 18.2 Å². The van der Waals surface area contributed by atoms with E-state index < -0.39 is 17.7 Å². The van der Waals surface area contributed by atoms with E-state index in [9.17, 15) is 8.78 Å². The minimum Gasteiger partial charge on any atom is -0.365 e. The summed E-state index contributed by atoms with van der Waals surface area (Å²) < 4.78 is 28.0. The summed E-state index contributed by atoms with van der Waals surface area (Å²) in [4.78, 5) is 0. The van der Waals surface area contributed by atoms with Crippen molar-refractivity contribution >= 4 is 21.6 Å². The van der Waals surface area contributed by atoms with E-state index >= 15 is 0 Å². The molecule has 2 nitrogen and oxygen atoms in total. The number of nitrogens with one attached hydrogen (secondary N) is 1.